The lowest BCUT2D eigenvalue weighted by Gasteiger charge is -2.27. The molecule has 0 aliphatic rings. The molecule has 0 aliphatic heterocycles. The number of carboxylic acid groups (broad SMARTS) is 1. The summed E-state index contributed by atoms with van der Waals surface area (Å²) in [7, 11) is 0. The normalized spacial score (nSPS) is 12.3. The van der Waals surface area contributed by atoms with Crippen molar-refractivity contribution in [3.8, 4) is 0 Å². The van der Waals surface area contributed by atoms with E-state index >= 15 is 0 Å². The molecule has 0 saturated heterocycles. The summed E-state index contributed by atoms with van der Waals surface area (Å²) in [6.07, 6.45) is 2.28. The number of rotatable bonds is 8. The van der Waals surface area contributed by atoms with E-state index in [-0.39, 0.29) is 18.6 Å². The quantitative estimate of drug-likeness (QED) is 0.702. The highest BCUT2D eigenvalue weighted by Crippen LogP contribution is 2.06. The zero-order valence-corrected chi connectivity index (χ0v) is 11.9. The highest BCUT2D eigenvalue weighted by molar-refractivity contribution is 5.76. The molecule has 2 N–H and O–H groups in total. The first-order valence-electron chi connectivity index (χ1n) is 6.71. The van der Waals surface area contributed by atoms with Crippen LogP contribution >= 0.6 is 0 Å². The molecule has 0 fully saturated rings. The molecule has 0 radical (unpaired) electrons. The fourth-order valence-electron chi connectivity index (χ4n) is 1.81. The minimum Gasteiger partial charge on any atom is -0.481 e. The molecule has 0 saturated carbocycles. The maximum Gasteiger partial charge on any atom is 0.317 e. The largest absolute Gasteiger partial charge is 0.481 e. The summed E-state index contributed by atoms with van der Waals surface area (Å²) in [5.41, 5.74) is 0. The van der Waals surface area contributed by atoms with Crippen LogP contribution in [0.5, 0.6) is 0 Å². The fraction of sp³-hybridized carbons (Fsp3) is 0.846. The number of nitrogens with one attached hydrogen (secondary N) is 1. The van der Waals surface area contributed by atoms with E-state index < -0.39 is 11.9 Å². The summed E-state index contributed by atoms with van der Waals surface area (Å²) in [6, 6.07) is -0.0476. The van der Waals surface area contributed by atoms with Crippen molar-refractivity contribution in [3.05, 3.63) is 0 Å². The lowest BCUT2D eigenvalue weighted by atomic mass is 10.0. The molecule has 0 aliphatic carbocycles. The van der Waals surface area contributed by atoms with Gasteiger partial charge in [0.05, 0.1) is 5.92 Å². The number of hydrogen-bond acceptors (Lipinski definition) is 2. The summed E-state index contributed by atoms with van der Waals surface area (Å²) >= 11 is 0. The van der Waals surface area contributed by atoms with Crippen LogP contribution < -0.4 is 5.32 Å². The molecular weight excluding hydrogens is 232 g/mol. The summed E-state index contributed by atoms with van der Waals surface area (Å²) < 4.78 is 0. The Bertz CT molecular complexity index is 267. The van der Waals surface area contributed by atoms with Gasteiger partial charge in [0.1, 0.15) is 0 Å². The van der Waals surface area contributed by atoms with Gasteiger partial charge in [-0.3, -0.25) is 4.79 Å². The minimum atomic E-state index is -0.844. The Kier molecular flexibility index (Phi) is 8.16. The number of carboxylic acids is 1. The number of aliphatic carboxylic acids is 1. The molecule has 0 bridgehead atoms. The smallest absolute Gasteiger partial charge is 0.317 e. The first-order chi connectivity index (χ1) is 8.43. The third-order valence-corrected chi connectivity index (χ3v) is 2.83. The van der Waals surface area contributed by atoms with E-state index in [9.17, 15) is 9.59 Å². The maximum atomic E-state index is 11.9. The molecule has 1 atom stereocenters. The first kappa shape index (κ1) is 16.7. The van der Waals surface area contributed by atoms with Crippen LogP contribution in [0.25, 0.3) is 0 Å². The summed E-state index contributed by atoms with van der Waals surface area (Å²) in [5, 5.41) is 11.7. The average molecular weight is 258 g/mol. The van der Waals surface area contributed by atoms with E-state index in [1.165, 1.54) is 0 Å². The first-order valence-corrected chi connectivity index (χ1v) is 6.71. The van der Waals surface area contributed by atoms with Crippen molar-refractivity contribution < 1.29 is 14.7 Å². The van der Waals surface area contributed by atoms with E-state index in [0.717, 1.165) is 12.8 Å². The summed E-state index contributed by atoms with van der Waals surface area (Å²) in [6.45, 7) is 8.75. The zero-order valence-electron chi connectivity index (χ0n) is 11.9. The highest BCUT2D eigenvalue weighted by atomic mass is 16.4. The van der Waals surface area contributed by atoms with Gasteiger partial charge < -0.3 is 15.3 Å². The van der Waals surface area contributed by atoms with Crippen molar-refractivity contribution in [3.63, 3.8) is 0 Å². The second-order valence-electron chi connectivity index (χ2n) is 4.80. The van der Waals surface area contributed by atoms with Gasteiger partial charge in [-0.1, -0.05) is 20.3 Å². The molecule has 18 heavy (non-hydrogen) atoms. The number of amides is 2. The summed E-state index contributed by atoms with van der Waals surface area (Å²) in [4.78, 5) is 24.6. The van der Waals surface area contributed by atoms with Crippen LogP contribution in [-0.2, 0) is 4.79 Å². The van der Waals surface area contributed by atoms with Crippen LogP contribution in [0.2, 0.25) is 0 Å². The van der Waals surface area contributed by atoms with Crippen molar-refractivity contribution in [2.24, 2.45) is 5.92 Å². The van der Waals surface area contributed by atoms with Crippen LogP contribution in [0.3, 0.4) is 0 Å². The SMILES string of the molecule is CCCC(CNC(=O)N(CCC)C(C)C)C(=O)O. The molecule has 106 valence electrons. The van der Waals surface area contributed by atoms with E-state index in [2.05, 4.69) is 5.32 Å². The van der Waals surface area contributed by atoms with Crippen LogP contribution in [0, 0.1) is 5.92 Å². The van der Waals surface area contributed by atoms with Gasteiger partial charge in [0.2, 0.25) is 0 Å². The molecule has 0 aromatic heterocycles. The Hall–Kier alpha value is -1.26. The highest BCUT2D eigenvalue weighted by Gasteiger charge is 2.20. The van der Waals surface area contributed by atoms with Gasteiger partial charge in [-0.25, -0.2) is 4.79 Å². The minimum absolute atomic E-state index is 0.124. The second kappa shape index (κ2) is 8.78. The van der Waals surface area contributed by atoms with Crippen LogP contribution in [0.15, 0.2) is 0 Å². The van der Waals surface area contributed by atoms with E-state index in [1.807, 2.05) is 27.7 Å². The van der Waals surface area contributed by atoms with Crippen LogP contribution in [0.1, 0.15) is 47.0 Å². The number of nitrogens with zero attached hydrogens (tertiary/aromatic N) is 1. The Morgan fingerprint density at radius 2 is 1.83 bits per heavy atom. The topological polar surface area (TPSA) is 69.6 Å². The van der Waals surface area contributed by atoms with Crippen molar-refractivity contribution in [2.45, 2.75) is 53.0 Å². The Morgan fingerprint density at radius 3 is 2.22 bits per heavy atom. The monoisotopic (exact) mass is 258 g/mol. The lowest BCUT2D eigenvalue weighted by Crippen LogP contribution is -2.46. The molecule has 0 rings (SSSR count). The molecule has 1 unspecified atom stereocenters. The number of carbonyl (C=O) groups is 2. The Morgan fingerprint density at radius 1 is 1.22 bits per heavy atom. The van der Waals surface area contributed by atoms with Crippen LogP contribution in [0.4, 0.5) is 4.79 Å². The molecule has 0 aromatic rings. The molecule has 0 heterocycles. The number of urea groups is 1. The van der Waals surface area contributed by atoms with Gasteiger partial charge in [-0.05, 0) is 26.7 Å². The predicted octanol–water partition coefficient (Wildman–Crippen LogP) is 2.32. The Labute approximate surface area is 110 Å². The van der Waals surface area contributed by atoms with Gasteiger partial charge >= 0.3 is 12.0 Å². The molecule has 5 heteroatoms. The van der Waals surface area contributed by atoms with Gasteiger partial charge in [-0.2, -0.15) is 0 Å². The standard InChI is InChI=1S/C13H26N2O3/c1-5-7-11(12(16)17)9-14-13(18)15(8-6-2)10(3)4/h10-11H,5-9H2,1-4H3,(H,14,18)(H,16,17). The molecule has 0 aromatic carbocycles. The van der Waals surface area contributed by atoms with Gasteiger partial charge in [0, 0.05) is 19.1 Å². The second-order valence-corrected chi connectivity index (χ2v) is 4.80. The third-order valence-electron chi connectivity index (χ3n) is 2.83. The average Bonchev–Trinajstić information content (AvgIpc) is 2.30. The van der Waals surface area contributed by atoms with Crippen molar-refractivity contribution in [1.29, 1.82) is 0 Å². The van der Waals surface area contributed by atoms with Crippen molar-refractivity contribution >= 4 is 12.0 Å². The Balaban J connectivity index is 4.31. The van der Waals surface area contributed by atoms with Gasteiger partial charge in [-0.15, -0.1) is 0 Å². The molecule has 5 nitrogen and oxygen atoms in total. The predicted molar refractivity (Wildman–Crippen MR) is 71.6 cm³/mol. The maximum absolute atomic E-state index is 11.9. The summed E-state index contributed by atoms with van der Waals surface area (Å²) in [5.74, 6) is -1.33. The fourth-order valence-corrected chi connectivity index (χ4v) is 1.81. The van der Waals surface area contributed by atoms with E-state index in [0.29, 0.717) is 13.0 Å². The lowest BCUT2D eigenvalue weighted by molar-refractivity contribution is -0.141. The van der Waals surface area contributed by atoms with Gasteiger partial charge in [0.15, 0.2) is 0 Å². The zero-order chi connectivity index (χ0) is 14.1. The van der Waals surface area contributed by atoms with Crippen LogP contribution in [-0.4, -0.2) is 41.1 Å². The number of carbonyl (C=O) groups excluding carboxylic acids is 1. The molecular formula is C13H26N2O3. The molecule has 2 amide bonds. The van der Waals surface area contributed by atoms with E-state index in [4.69, 9.17) is 5.11 Å². The van der Waals surface area contributed by atoms with E-state index in [1.54, 1.807) is 4.90 Å². The van der Waals surface area contributed by atoms with Crippen molar-refractivity contribution in [1.82, 2.24) is 10.2 Å². The third kappa shape index (κ3) is 5.89. The van der Waals surface area contributed by atoms with Crippen molar-refractivity contribution in [2.75, 3.05) is 13.1 Å². The van der Waals surface area contributed by atoms with Gasteiger partial charge in [0.25, 0.3) is 0 Å². The number of hydrogen-bond donors (Lipinski definition) is 2. The molecule has 0 spiro atoms.